The lowest BCUT2D eigenvalue weighted by Crippen LogP contribution is -2.21. The van der Waals surface area contributed by atoms with Crippen molar-refractivity contribution in [1.82, 2.24) is 34.1 Å². The number of nitrogens with zero attached hydrogens (tertiary/aromatic N) is 6. The molecule has 0 aliphatic rings. The summed E-state index contributed by atoms with van der Waals surface area (Å²) in [6.45, 7) is 5.77. The lowest BCUT2D eigenvalue weighted by atomic mass is 10.0. The number of nitrogens with one attached hydrogen (secondary N) is 1. The fraction of sp³-hybridized carbons (Fsp3) is 0.273. The van der Waals surface area contributed by atoms with Crippen LogP contribution in [0.5, 0.6) is 5.75 Å². The molecule has 0 aliphatic carbocycles. The number of aryl methyl sites for hydroxylation is 5. The van der Waals surface area contributed by atoms with Gasteiger partial charge < -0.3 is 4.74 Å². The number of hydrogen-bond acceptors (Lipinski definition) is 5. The van der Waals surface area contributed by atoms with Gasteiger partial charge in [0.25, 0.3) is 0 Å². The molecule has 5 aromatic rings. The summed E-state index contributed by atoms with van der Waals surface area (Å²) in [4.78, 5) is 17.9. The molecule has 0 unspecified atom stereocenters. The Labute approximate surface area is 177 Å². The van der Waals surface area contributed by atoms with Crippen LogP contribution in [0.3, 0.4) is 0 Å². The van der Waals surface area contributed by atoms with Gasteiger partial charge >= 0.3 is 5.69 Å². The highest BCUT2D eigenvalue weighted by atomic mass is 16.5. The predicted molar refractivity (Wildman–Crippen MR) is 119 cm³/mol. The zero-order valence-corrected chi connectivity index (χ0v) is 18.3. The second-order valence-corrected chi connectivity index (χ2v) is 7.82. The largest absolute Gasteiger partial charge is 0.496 e. The van der Waals surface area contributed by atoms with Crippen LogP contribution >= 0.6 is 0 Å². The van der Waals surface area contributed by atoms with Crippen molar-refractivity contribution in [2.45, 2.75) is 20.8 Å². The van der Waals surface area contributed by atoms with Crippen molar-refractivity contribution in [1.29, 1.82) is 0 Å². The first kappa shape index (κ1) is 19.1. The third-order valence-corrected chi connectivity index (χ3v) is 5.82. The zero-order chi connectivity index (χ0) is 22.0. The Bertz CT molecular complexity index is 1530. The highest BCUT2D eigenvalue weighted by Crippen LogP contribution is 2.37. The van der Waals surface area contributed by atoms with Crippen molar-refractivity contribution in [3.05, 3.63) is 52.1 Å². The van der Waals surface area contributed by atoms with Crippen molar-refractivity contribution in [2.75, 3.05) is 7.11 Å². The van der Waals surface area contributed by atoms with Crippen molar-refractivity contribution >= 4 is 21.9 Å². The molecule has 0 saturated carbocycles. The maximum Gasteiger partial charge on any atom is 0.333 e. The van der Waals surface area contributed by atoms with Gasteiger partial charge in [-0.25, -0.2) is 4.79 Å². The number of rotatable bonds is 3. The van der Waals surface area contributed by atoms with Gasteiger partial charge in [-0.15, -0.1) is 0 Å². The van der Waals surface area contributed by atoms with Crippen LogP contribution in [0.2, 0.25) is 0 Å². The normalized spacial score (nSPS) is 11.7. The standard InChI is InChI=1S/C22H23N7O2/c1-11-16(10-27(4)26-11)14-7-15-17(8-19(14)31-6)23-9-18-21(15)29(22(30)28(18)5)20-12(2)24-25-13(20)3/h7-10H,1-6H3,(H,24,25). The molecule has 5 rings (SSSR count). The maximum atomic E-state index is 13.3. The van der Waals surface area contributed by atoms with E-state index in [0.29, 0.717) is 5.75 Å². The third kappa shape index (κ3) is 2.62. The van der Waals surface area contributed by atoms with E-state index in [-0.39, 0.29) is 5.69 Å². The molecule has 1 aromatic carbocycles. The van der Waals surface area contributed by atoms with Crippen molar-refractivity contribution in [2.24, 2.45) is 14.1 Å². The minimum Gasteiger partial charge on any atom is -0.496 e. The molecule has 0 aliphatic heterocycles. The van der Waals surface area contributed by atoms with E-state index in [1.54, 1.807) is 34.2 Å². The second kappa shape index (κ2) is 6.56. The third-order valence-electron chi connectivity index (χ3n) is 5.82. The lowest BCUT2D eigenvalue weighted by Gasteiger charge is -2.12. The minimum atomic E-state index is -0.146. The van der Waals surface area contributed by atoms with Crippen LogP contribution in [-0.2, 0) is 14.1 Å². The van der Waals surface area contributed by atoms with E-state index in [2.05, 4.69) is 20.3 Å². The van der Waals surface area contributed by atoms with Crippen LogP contribution < -0.4 is 10.4 Å². The van der Waals surface area contributed by atoms with E-state index >= 15 is 0 Å². The van der Waals surface area contributed by atoms with Crippen molar-refractivity contribution in [3.8, 4) is 22.6 Å². The molecule has 0 amide bonds. The van der Waals surface area contributed by atoms with E-state index < -0.39 is 0 Å². The minimum absolute atomic E-state index is 0.146. The molecule has 9 nitrogen and oxygen atoms in total. The van der Waals surface area contributed by atoms with Gasteiger partial charge in [0.2, 0.25) is 0 Å². The summed E-state index contributed by atoms with van der Waals surface area (Å²) in [6.07, 6.45) is 3.70. The van der Waals surface area contributed by atoms with Crippen LogP contribution in [0.15, 0.2) is 29.3 Å². The second-order valence-electron chi connectivity index (χ2n) is 7.82. The first-order valence-corrected chi connectivity index (χ1v) is 9.92. The molecular formula is C22H23N7O2. The van der Waals surface area contributed by atoms with E-state index in [4.69, 9.17) is 4.74 Å². The van der Waals surface area contributed by atoms with E-state index in [1.807, 2.05) is 46.1 Å². The molecule has 0 atom stereocenters. The number of fused-ring (bicyclic) bond motifs is 3. The molecule has 0 fully saturated rings. The number of aromatic nitrogens is 7. The van der Waals surface area contributed by atoms with Crippen LogP contribution in [0, 0.1) is 20.8 Å². The Balaban J connectivity index is 1.97. The van der Waals surface area contributed by atoms with E-state index in [9.17, 15) is 4.79 Å². The number of imidazole rings is 1. The average Bonchev–Trinajstić information content (AvgIpc) is 3.34. The SMILES string of the molecule is COc1cc2ncc3c(c2cc1-c1cn(C)nc1C)n(-c1c(C)n[nH]c1C)c(=O)n3C. The average molecular weight is 417 g/mol. The number of aromatic amines is 1. The highest BCUT2D eigenvalue weighted by molar-refractivity contribution is 6.05. The van der Waals surface area contributed by atoms with Crippen LogP contribution in [0.25, 0.3) is 38.8 Å². The Morgan fingerprint density at radius 1 is 1.06 bits per heavy atom. The van der Waals surface area contributed by atoms with Crippen LogP contribution in [0.4, 0.5) is 0 Å². The molecule has 4 aromatic heterocycles. The summed E-state index contributed by atoms with van der Waals surface area (Å²) in [7, 11) is 5.30. The topological polar surface area (TPSA) is 95.6 Å². The number of methoxy groups -OCH3 is 1. The van der Waals surface area contributed by atoms with Gasteiger partial charge in [-0.05, 0) is 26.8 Å². The monoisotopic (exact) mass is 417 g/mol. The summed E-state index contributed by atoms with van der Waals surface area (Å²) in [5, 5.41) is 12.6. The molecule has 1 N–H and O–H groups in total. The lowest BCUT2D eigenvalue weighted by molar-refractivity contribution is 0.417. The van der Waals surface area contributed by atoms with Gasteiger partial charge in [-0.2, -0.15) is 10.2 Å². The Morgan fingerprint density at radius 3 is 2.45 bits per heavy atom. The summed E-state index contributed by atoms with van der Waals surface area (Å²) in [6, 6.07) is 3.95. The molecule has 31 heavy (non-hydrogen) atoms. The zero-order valence-electron chi connectivity index (χ0n) is 18.3. The molecule has 0 radical (unpaired) electrons. The van der Waals surface area contributed by atoms with Crippen LogP contribution in [0.1, 0.15) is 17.1 Å². The molecule has 0 spiro atoms. The van der Waals surface area contributed by atoms with Crippen molar-refractivity contribution < 1.29 is 4.74 Å². The summed E-state index contributed by atoms with van der Waals surface area (Å²) >= 11 is 0. The molecule has 158 valence electrons. The first-order valence-electron chi connectivity index (χ1n) is 9.92. The molecule has 0 saturated heterocycles. The Kier molecular flexibility index (Phi) is 4.04. The fourth-order valence-electron chi connectivity index (χ4n) is 4.35. The number of hydrogen-bond donors (Lipinski definition) is 1. The molecule has 4 heterocycles. The van der Waals surface area contributed by atoms with Gasteiger partial charge in [-0.1, -0.05) is 0 Å². The number of H-pyrrole nitrogens is 1. The first-order chi connectivity index (χ1) is 14.8. The number of benzene rings is 1. The smallest absolute Gasteiger partial charge is 0.333 e. The van der Waals surface area contributed by atoms with Crippen LogP contribution in [-0.4, -0.2) is 41.2 Å². The Morgan fingerprint density at radius 2 is 1.84 bits per heavy atom. The number of ether oxygens (including phenoxy) is 1. The van der Waals surface area contributed by atoms with Crippen molar-refractivity contribution in [3.63, 3.8) is 0 Å². The fourth-order valence-corrected chi connectivity index (χ4v) is 4.35. The van der Waals surface area contributed by atoms with Gasteiger partial charge in [0.1, 0.15) is 5.75 Å². The van der Waals surface area contributed by atoms with E-state index in [1.165, 1.54) is 0 Å². The van der Waals surface area contributed by atoms with Gasteiger partial charge in [-0.3, -0.25) is 23.9 Å². The molecular weight excluding hydrogens is 394 g/mol. The van der Waals surface area contributed by atoms with E-state index in [0.717, 1.165) is 55.8 Å². The predicted octanol–water partition coefficient (Wildman–Crippen LogP) is 2.93. The quantitative estimate of drug-likeness (QED) is 0.487. The summed E-state index contributed by atoms with van der Waals surface area (Å²) in [5.74, 6) is 0.705. The number of pyridine rings is 1. The Hall–Kier alpha value is -3.88. The summed E-state index contributed by atoms with van der Waals surface area (Å²) < 4.78 is 10.8. The molecule has 0 bridgehead atoms. The van der Waals surface area contributed by atoms with Gasteiger partial charge in [0.05, 0.1) is 52.6 Å². The maximum absolute atomic E-state index is 13.3. The summed E-state index contributed by atoms with van der Waals surface area (Å²) in [5.41, 5.74) is 7.25. The van der Waals surface area contributed by atoms with Gasteiger partial charge in [0.15, 0.2) is 0 Å². The highest BCUT2D eigenvalue weighted by Gasteiger charge is 2.22. The molecule has 9 heteroatoms. The van der Waals surface area contributed by atoms with Gasteiger partial charge in [0, 0.05) is 42.9 Å².